The van der Waals surface area contributed by atoms with E-state index in [-0.39, 0.29) is 5.91 Å². The minimum absolute atomic E-state index is 0.266. The molecule has 1 atom stereocenters. The van der Waals surface area contributed by atoms with Gasteiger partial charge in [0.25, 0.3) is 5.91 Å². The van der Waals surface area contributed by atoms with Crippen molar-refractivity contribution in [1.82, 2.24) is 10.3 Å². The summed E-state index contributed by atoms with van der Waals surface area (Å²) in [6.45, 7) is 3.90. The quantitative estimate of drug-likeness (QED) is 0.842. The first-order chi connectivity index (χ1) is 7.50. The normalized spacial score (nSPS) is 12.2. The van der Waals surface area contributed by atoms with Crippen molar-refractivity contribution in [2.75, 3.05) is 6.54 Å². The minimum Gasteiger partial charge on any atom is -0.393 e. The van der Waals surface area contributed by atoms with Crippen LogP contribution in [0.1, 0.15) is 29.4 Å². The highest BCUT2D eigenvalue weighted by Crippen LogP contribution is 2.15. The predicted molar refractivity (Wildman–Crippen MR) is 62.6 cm³/mol. The van der Waals surface area contributed by atoms with Gasteiger partial charge in [-0.1, -0.05) is 11.6 Å². The second-order valence-corrected chi connectivity index (χ2v) is 4.11. The molecule has 0 spiro atoms. The van der Waals surface area contributed by atoms with Gasteiger partial charge in [0.15, 0.2) is 0 Å². The fourth-order valence-corrected chi connectivity index (χ4v) is 1.48. The van der Waals surface area contributed by atoms with Gasteiger partial charge in [0, 0.05) is 18.4 Å². The molecule has 1 aromatic rings. The first kappa shape index (κ1) is 12.9. The molecule has 4 nitrogen and oxygen atoms in total. The minimum atomic E-state index is -0.424. The van der Waals surface area contributed by atoms with E-state index in [4.69, 9.17) is 16.7 Å². The summed E-state index contributed by atoms with van der Waals surface area (Å²) in [5.41, 5.74) is 1.13. The highest BCUT2D eigenvalue weighted by Gasteiger charge is 2.10. The molecule has 0 aliphatic heterocycles. The second kappa shape index (κ2) is 5.82. The number of carbonyl (C=O) groups excluding carboxylic acids is 1. The molecule has 1 rings (SSSR count). The van der Waals surface area contributed by atoms with Gasteiger partial charge in [-0.25, -0.2) is 0 Å². The third-order valence-electron chi connectivity index (χ3n) is 2.08. The molecule has 0 aliphatic rings. The summed E-state index contributed by atoms with van der Waals surface area (Å²) in [6.07, 6.45) is 1.55. The summed E-state index contributed by atoms with van der Waals surface area (Å²) in [5, 5.41) is 12.1. The lowest BCUT2D eigenvalue weighted by Gasteiger charge is -2.07. The number of hydrogen-bond acceptors (Lipinski definition) is 3. The van der Waals surface area contributed by atoms with Crippen molar-refractivity contribution >= 4 is 17.5 Å². The number of nitrogens with zero attached hydrogens (tertiary/aromatic N) is 1. The van der Waals surface area contributed by atoms with Gasteiger partial charge in [0.05, 0.1) is 16.7 Å². The fraction of sp³-hybridized carbons (Fsp3) is 0.455. The van der Waals surface area contributed by atoms with Gasteiger partial charge in [-0.2, -0.15) is 0 Å². The molecule has 0 radical (unpaired) electrons. The lowest BCUT2D eigenvalue weighted by molar-refractivity contribution is 0.0945. The Morgan fingerprint density at radius 3 is 2.94 bits per heavy atom. The maximum atomic E-state index is 11.6. The van der Waals surface area contributed by atoms with Crippen molar-refractivity contribution in [3.05, 3.63) is 28.5 Å². The van der Waals surface area contributed by atoms with Gasteiger partial charge >= 0.3 is 0 Å². The molecule has 0 saturated heterocycles. The third-order valence-corrected chi connectivity index (χ3v) is 2.40. The molecular weight excluding hydrogens is 228 g/mol. The van der Waals surface area contributed by atoms with Crippen molar-refractivity contribution in [3.63, 3.8) is 0 Å². The Balaban J connectivity index is 2.59. The van der Waals surface area contributed by atoms with Crippen LogP contribution in [-0.2, 0) is 0 Å². The largest absolute Gasteiger partial charge is 0.393 e. The molecule has 2 N–H and O–H groups in total. The summed E-state index contributed by atoms with van der Waals surface area (Å²) in [7, 11) is 0. The van der Waals surface area contributed by atoms with Crippen molar-refractivity contribution in [3.8, 4) is 0 Å². The lowest BCUT2D eigenvalue weighted by Crippen LogP contribution is -2.26. The van der Waals surface area contributed by atoms with E-state index in [9.17, 15) is 4.79 Å². The molecule has 0 aliphatic carbocycles. The highest BCUT2D eigenvalue weighted by atomic mass is 35.5. The Bertz CT molecular complexity index is 380. The van der Waals surface area contributed by atoms with Crippen molar-refractivity contribution in [1.29, 1.82) is 0 Å². The monoisotopic (exact) mass is 242 g/mol. The number of rotatable bonds is 4. The molecule has 1 unspecified atom stereocenters. The van der Waals surface area contributed by atoms with Crippen LogP contribution in [0.25, 0.3) is 0 Å². The van der Waals surface area contributed by atoms with E-state index in [1.165, 1.54) is 6.20 Å². The number of nitrogens with one attached hydrogen (secondary N) is 1. The van der Waals surface area contributed by atoms with Crippen molar-refractivity contribution in [2.45, 2.75) is 26.4 Å². The van der Waals surface area contributed by atoms with Gasteiger partial charge in [0.1, 0.15) is 0 Å². The number of aliphatic hydroxyl groups is 1. The number of amides is 1. The summed E-state index contributed by atoms with van der Waals surface area (Å²) >= 11 is 5.92. The van der Waals surface area contributed by atoms with Crippen LogP contribution in [0.5, 0.6) is 0 Å². The van der Waals surface area contributed by atoms with E-state index in [1.54, 1.807) is 19.9 Å². The Morgan fingerprint density at radius 2 is 2.38 bits per heavy atom. The maximum absolute atomic E-state index is 11.6. The Hall–Kier alpha value is -1.13. The summed E-state index contributed by atoms with van der Waals surface area (Å²) in [6, 6.07) is 1.64. The summed E-state index contributed by atoms with van der Waals surface area (Å²) in [4.78, 5) is 15.7. The van der Waals surface area contributed by atoms with E-state index in [0.29, 0.717) is 23.6 Å². The first-order valence-electron chi connectivity index (χ1n) is 5.09. The van der Waals surface area contributed by atoms with Crippen LogP contribution in [0.2, 0.25) is 5.02 Å². The molecule has 1 amide bonds. The average Bonchev–Trinajstić information content (AvgIpc) is 2.16. The molecule has 16 heavy (non-hydrogen) atoms. The Labute approximate surface area is 99.6 Å². The second-order valence-electron chi connectivity index (χ2n) is 3.70. The van der Waals surface area contributed by atoms with Crippen molar-refractivity contribution in [2.24, 2.45) is 0 Å². The number of aliphatic hydroxyl groups excluding tert-OH is 1. The van der Waals surface area contributed by atoms with Crippen molar-refractivity contribution < 1.29 is 9.90 Å². The molecule has 88 valence electrons. The van der Waals surface area contributed by atoms with Crippen LogP contribution >= 0.6 is 11.6 Å². The van der Waals surface area contributed by atoms with Crippen LogP contribution < -0.4 is 5.32 Å². The summed E-state index contributed by atoms with van der Waals surface area (Å²) in [5.74, 6) is -0.266. The third kappa shape index (κ3) is 3.79. The molecule has 1 heterocycles. The number of aromatic nitrogens is 1. The number of hydrogen-bond donors (Lipinski definition) is 2. The number of aryl methyl sites for hydroxylation is 1. The summed E-state index contributed by atoms with van der Waals surface area (Å²) < 4.78 is 0. The van der Waals surface area contributed by atoms with E-state index >= 15 is 0 Å². The van der Waals surface area contributed by atoms with Gasteiger partial charge in [0.2, 0.25) is 0 Å². The van der Waals surface area contributed by atoms with Crippen LogP contribution in [-0.4, -0.2) is 28.6 Å². The smallest absolute Gasteiger partial charge is 0.254 e. The fourth-order valence-electron chi connectivity index (χ4n) is 1.18. The zero-order valence-corrected chi connectivity index (χ0v) is 10.1. The van der Waals surface area contributed by atoms with Crippen LogP contribution in [0, 0.1) is 6.92 Å². The molecule has 0 bridgehead atoms. The first-order valence-corrected chi connectivity index (χ1v) is 5.47. The standard InChI is InChI=1S/C11H15ClN2O2/c1-7-5-10(12)9(6-14-7)11(16)13-4-3-8(2)15/h5-6,8,15H,3-4H2,1-2H3,(H,13,16). The zero-order chi connectivity index (χ0) is 12.1. The Morgan fingerprint density at radius 1 is 1.69 bits per heavy atom. The molecule has 1 aromatic heterocycles. The Kier molecular flexibility index (Phi) is 4.71. The van der Waals surface area contributed by atoms with Gasteiger partial charge in [-0.05, 0) is 26.3 Å². The molecule has 0 saturated carbocycles. The number of halogens is 1. The van der Waals surface area contributed by atoms with Gasteiger partial charge < -0.3 is 10.4 Å². The molecule has 0 aromatic carbocycles. The van der Waals surface area contributed by atoms with Gasteiger partial charge in [-0.15, -0.1) is 0 Å². The van der Waals surface area contributed by atoms with E-state index in [2.05, 4.69) is 10.3 Å². The topological polar surface area (TPSA) is 62.2 Å². The molecule has 5 heteroatoms. The predicted octanol–water partition coefficient (Wildman–Crippen LogP) is 1.54. The number of pyridine rings is 1. The van der Waals surface area contributed by atoms with Gasteiger partial charge in [-0.3, -0.25) is 9.78 Å². The van der Waals surface area contributed by atoms with Crippen LogP contribution in [0.4, 0.5) is 0 Å². The molecular formula is C11H15ClN2O2. The average molecular weight is 243 g/mol. The van der Waals surface area contributed by atoms with E-state index < -0.39 is 6.10 Å². The highest BCUT2D eigenvalue weighted by molar-refractivity contribution is 6.33. The lowest BCUT2D eigenvalue weighted by atomic mass is 10.2. The van der Waals surface area contributed by atoms with E-state index in [0.717, 1.165) is 5.69 Å². The van der Waals surface area contributed by atoms with E-state index in [1.807, 2.05) is 0 Å². The van der Waals surface area contributed by atoms with Crippen LogP contribution in [0.15, 0.2) is 12.3 Å². The number of carbonyl (C=O) groups is 1. The molecule has 0 fully saturated rings. The zero-order valence-electron chi connectivity index (χ0n) is 9.33. The van der Waals surface area contributed by atoms with Crippen LogP contribution in [0.3, 0.4) is 0 Å². The maximum Gasteiger partial charge on any atom is 0.254 e. The SMILES string of the molecule is Cc1cc(Cl)c(C(=O)NCCC(C)O)cn1.